The van der Waals surface area contributed by atoms with Crippen molar-refractivity contribution >= 4 is 23.1 Å². The molecule has 0 aliphatic carbocycles. The van der Waals surface area contributed by atoms with Crippen molar-refractivity contribution in [3.63, 3.8) is 0 Å². The van der Waals surface area contributed by atoms with Crippen LogP contribution in [0.15, 0.2) is 12.1 Å². The minimum atomic E-state index is -0.896. The Bertz CT molecular complexity index is 381. The zero-order valence-electron chi connectivity index (χ0n) is 7.11. The van der Waals surface area contributed by atoms with Gasteiger partial charge in [-0.1, -0.05) is 11.6 Å². The number of rotatable bonds is 2. The van der Waals surface area contributed by atoms with E-state index < -0.39 is 22.1 Å². The second kappa shape index (κ2) is 3.63. The molecule has 14 heavy (non-hydrogen) atoms. The van der Waals surface area contributed by atoms with E-state index in [1.54, 1.807) is 0 Å². The van der Waals surface area contributed by atoms with Crippen molar-refractivity contribution in [2.75, 3.05) is 0 Å². The Labute approximate surface area is 84.1 Å². The van der Waals surface area contributed by atoms with Crippen LogP contribution in [0.25, 0.3) is 0 Å². The average Bonchev–Trinajstić information content (AvgIpc) is 2.07. The van der Waals surface area contributed by atoms with Gasteiger partial charge in [-0.25, -0.2) is 0 Å². The Hall–Kier alpha value is -1.62. The summed E-state index contributed by atoms with van der Waals surface area (Å²) in [5.41, 5.74) is -0.938. The van der Waals surface area contributed by atoms with Crippen LogP contribution >= 0.6 is 11.6 Å². The van der Waals surface area contributed by atoms with Gasteiger partial charge >= 0.3 is 0 Å². The van der Waals surface area contributed by atoms with E-state index in [1.807, 2.05) is 0 Å². The zero-order chi connectivity index (χ0) is 10.9. The molecular formula is C8H5ClNO4-. The average molecular weight is 215 g/mol. The minimum absolute atomic E-state index is 0.00139. The number of Topliss-reactive ketones (excluding diaryl/α,β-unsaturated/α-hetero) is 1. The van der Waals surface area contributed by atoms with Gasteiger partial charge in [-0.3, -0.25) is 14.9 Å². The fraction of sp³-hybridized carbons (Fsp3) is 0.125. The van der Waals surface area contributed by atoms with Gasteiger partial charge in [0.1, 0.15) is 0 Å². The predicted molar refractivity (Wildman–Crippen MR) is 47.6 cm³/mol. The van der Waals surface area contributed by atoms with Gasteiger partial charge in [-0.05, 0) is 18.7 Å². The zero-order valence-corrected chi connectivity index (χ0v) is 7.87. The number of nitrogens with zero attached hydrogens (tertiary/aromatic N) is 1. The first-order chi connectivity index (χ1) is 6.43. The first-order valence-corrected chi connectivity index (χ1v) is 3.97. The lowest BCUT2D eigenvalue weighted by Crippen LogP contribution is -2.05. The molecule has 0 heterocycles. The monoisotopic (exact) mass is 214 g/mol. The maximum Gasteiger partial charge on any atom is 0.263 e. The van der Waals surface area contributed by atoms with Gasteiger partial charge in [0.05, 0.1) is 4.92 Å². The Balaban J connectivity index is 3.47. The Morgan fingerprint density at radius 3 is 2.50 bits per heavy atom. The van der Waals surface area contributed by atoms with Crippen molar-refractivity contribution < 1.29 is 14.8 Å². The summed E-state index contributed by atoms with van der Waals surface area (Å²) >= 11 is 5.51. The molecule has 0 spiro atoms. The Morgan fingerprint density at radius 2 is 2.07 bits per heavy atom. The standard InChI is InChI=1S/C8H6ClNO4/c1-4(11)6-2-5(9)3-7(8(6)12)10(13)14/h2-3,12H,1H3/p-1. The molecule has 0 radical (unpaired) electrons. The van der Waals surface area contributed by atoms with Crippen molar-refractivity contribution in [3.8, 4) is 5.75 Å². The molecule has 1 aromatic rings. The quantitative estimate of drug-likeness (QED) is 0.425. The first kappa shape index (κ1) is 10.5. The largest absolute Gasteiger partial charge is 0.867 e. The maximum absolute atomic E-state index is 11.3. The van der Waals surface area contributed by atoms with Crippen molar-refractivity contribution in [1.82, 2.24) is 0 Å². The number of halogens is 1. The van der Waals surface area contributed by atoms with Crippen LogP contribution in [0.5, 0.6) is 5.75 Å². The van der Waals surface area contributed by atoms with E-state index in [0.717, 1.165) is 19.1 Å². The van der Waals surface area contributed by atoms with Gasteiger partial charge in [-0.15, -0.1) is 0 Å². The number of nitro benzene ring substituents is 1. The summed E-state index contributed by atoms with van der Waals surface area (Å²) in [4.78, 5) is 20.4. The fourth-order valence-electron chi connectivity index (χ4n) is 0.976. The van der Waals surface area contributed by atoms with Gasteiger partial charge in [0.2, 0.25) is 0 Å². The normalized spacial score (nSPS) is 9.86. The number of benzene rings is 1. The molecule has 5 nitrogen and oxygen atoms in total. The van der Waals surface area contributed by atoms with Crippen LogP contribution in [0.3, 0.4) is 0 Å². The molecule has 0 aliphatic heterocycles. The summed E-state index contributed by atoms with van der Waals surface area (Å²) < 4.78 is 0. The summed E-state index contributed by atoms with van der Waals surface area (Å²) in [6.45, 7) is 1.15. The Morgan fingerprint density at radius 1 is 1.50 bits per heavy atom. The van der Waals surface area contributed by atoms with Crippen molar-refractivity contribution in [2.24, 2.45) is 0 Å². The Kier molecular flexibility index (Phi) is 2.71. The molecule has 1 aromatic carbocycles. The van der Waals surface area contributed by atoms with Gasteiger partial charge < -0.3 is 5.11 Å². The highest BCUT2D eigenvalue weighted by atomic mass is 35.5. The molecular weight excluding hydrogens is 210 g/mol. The summed E-state index contributed by atoms with van der Waals surface area (Å²) in [5.74, 6) is -1.44. The third kappa shape index (κ3) is 1.82. The number of nitro groups is 1. The summed E-state index contributed by atoms with van der Waals surface area (Å²) in [5, 5.41) is 21.7. The number of hydrogen-bond acceptors (Lipinski definition) is 4. The van der Waals surface area contributed by atoms with Crippen LogP contribution in [-0.2, 0) is 0 Å². The van der Waals surface area contributed by atoms with Crippen LogP contribution in [0, 0.1) is 10.1 Å². The van der Waals surface area contributed by atoms with Gasteiger partial charge in [0.25, 0.3) is 5.69 Å². The molecule has 0 saturated heterocycles. The van der Waals surface area contributed by atoms with Crippen LogP contribution in [0.4, 0.5) is 5.69 Å². The fourth-order valence-corrected chi connectivity index (χ4v) is 1.19. The van der Waals surface area contributed by atoms with E-state index in [-0.39, 0.29) is 10.6 Å². The topological polar surface area (TPSA) is 83.3 Å². The van der Waals surface area contributed by atoms with Crippen LogP contribution in [0.2, 0.25) is 5.02 Å². The number of hydrogen-bond donors (Lipinski definition) is 0. The lowest BCUT2D eigenvalue weighted by molar-refractivity contribution is -0.398. The van der Waals surface area contributed by atoms with E-state index in [1.165, 1.54) is 0 Å². The molecule has 0 fully saturated rings. The summed E-state index contributed by atoms with van der Waals surface area (Å²) in [7, 11) is 0. The molecule has 6 heteroatoms. The molecule has 0 atom stereocenters. The smallest absolute Gasteiger partial charge is 0.263 e. The molecule has 0 amide bonds. The van der Waals surface area contributed by atoms with Crippen LogP contribution in [0.1, 0.15) is 17.3 Å². The van der Waals surface area contributed by atoms with E-state index in [2.05, 4.69) is 0 Å². The van der Waals surface area contributed by atoms with Crippen LogP contribution < -0.4 is 5.11 Å². The summed E-state index contributed by atoms with van der Waals surface area (Å²) in [6, 6.07) is 2.05. The maximum atomic E-state index is 11.3. The predicted octanol–water partition coefficient (Wildman–Crippen LogP) is 1.52. The second-order valence-electron chi connectivity index (χ2n) is 2.61. The molecule has 0 aliphatic rings. The highest BCUT2D eigenvalue weighted by molar-refractivity contribution is 6.31. The van der Waals surface area contributed by atoms with Crippen LogP contribution in [-0.4, -0.2) is 10.7 Å². The van der Waals surface area contributed by atoms with E-state index in [0.29, 0.717) is 0 Å². The van der Waals surface area contributed by atoms with Gasteiger partial charge in [0.15, 0.2) is 5.78 Å². The molecule has 0 saturated carbocycles. The van der Waals surface area contributed by atoms with Crippen molar-refractivity contribution in [2.45, 2.75) is 6.92 Å². The molecule has 0 aromatic heterocycles. The lowest BCUT2D eigenvalue weighted by atomic mass is 10.1. The van der Waals surface area contributed by atoms with Gasteiger partial charge in [-0.2, -0.15) is 0 Å². The lowest BCUT2D eigenvalue weighted by Gasteiger charge is -2.11. The van der Waals surface area contributed by atoms with E-state index in [4.69, 9.17) is 11.6 Å². The number of carbonyl (C=O) groups is 1. The minimum Gasteiger partial charge on any atom is -0.867 e. The second-order valence-corrected chi connectivity index (χ2v) is 3.05. The summed E-state index contributed by atoms with van der Waals surface area (Å²) in [6.07, 6.45) is 0. The highest BCUT2D eigenvalue weighted by Gasteiger charge is 2.14. The molecule has 0 unspecified atom stereocenters. The molecule has 1 rings (SSSR count). The molecule has 74 valence electrons. The van der Waals surface area contributed by atoms with E-state index >= 15 is 0 Å². The SMILES string of the molecule is CC(=O)c1cc(Cl)cc([N+](=O)[O-])c1[O-]. The third-order valence-electron chi connectivity index (χ3n) is 1.61. The molecule has 0 bridgehead atoms. The first-order valence-electron chi connectivity index (χ1n) is 3.59. The van der Waals surface area contributed by atoms with Gasteiger partial charge in [0, 0.05) is 16.7 Å². The highest BCUT2D eigenvalue weighted by Crippen LogP contribution is 2.31. The van der Waals surface area contributed by atoms with Crippen molar-refractivity contribution in [1.29, 1.82) is 0 Å². The number of carbonyl (C=O) groups excluding carboxylic acids is 1. The number of ketones is 1. The van der Waals surface area contributed by atoms with E-state index in [9.17, 15) is 20.0 Å². The van der Waals surface area contributed by atoms with Crippen molar-refractivity contribution in [3.05, 3.63) is 32.8 Å². The molecule has 0 N–H and O–H groups in total. The third-order valence-corrected chi connectivity index (χ3v) is 1.83.